The number of benzene rings is 1. The van der Waals surface area contributed by atoms with Crippen molar-refractivity contribution in [3.8, 4) is 5.88 Å². The fraction of sp³-hybridized carbons (Fsp3) is 0.333. The molecule has 0 aliphatic carbocycles. The Morgan fingerprint density at radius 2 is 1.85 bits per heavy atom. The minimum atomic E-state index is -3.33. The van der Waals surface area contributed by atoms with Crippen molar-refractivity contribution in [2.75, 3.05) is 31.4 Å². The Labute approximate surface area is 199 Å². The molecule has 0 saturated carbocycles. The predicted molar refractivity (Wildman–Crippen MR) is 127 cm³/mol. The molecule has 2 aromatic heterocycles. The van der Waals surface area contributed by atoms with Gasteiger partial charge in [-0.2, -0.15) is 4.98 Å². The molecule has 0 unspecified atom stereocenters. The van der Waals surface area contributed by atoms with Crippen LogP contribution in [0.25, 0.3) is 0 Å². The number of aromatic nitrogens is 3. The van der Waals surface area contributed by atoms with Crippen molar-refractivity contribution < 1.29 is 17.9 Å². The number of amides is 1. The number of sulfone groups is 1. The topological polar surface area (TPSA) is 106 Å². The number of carbonyl (C=O) groups is 1. The van der Waals surface area contributed by atoms with Gasteiger partial charge in [0.15, 0.2) is 9.84 Å². The number of ether oxygens (including phenoxy) is 1. The highest BCUT2D eigenvalue weighted by molar-refractivity contribution is 7.90. The Bertz CT molecular complexity index is 1230. The molecular weight excluding hydrogens is 454 g/mol. The average Bonchev–Trinajstić information content (AvgIpc) is 2.87. The molecule has 0 bridgehead atoms. The first-order valence-electron chi connectivity index (χ1n) is 11.0. The third-order valence-corrected chi connectivity index (χ3v) is 7.01. The summed E-state index contributed by atoms with van der Waals surface area (Å²) in [5.74, 6) is 0.984. The van der Waals surface area contributed by atoms with Gasteiger partial charge in [-0.05, 0) is 48.7 Å². The maximum atomic E-state index is 13.5. The van der Waals surface area contributed by atoms with Gasteiger partial charge in [0.2, 0.25) is 11.8 Å². The Hall–Kier alpha value is -3.53. The first-order valence-corrected chi connectivity index (χ1v) is 12.9. The minimum absolute atomic E-state index is 0.00384. The lowest BCUT2D eigenvalue weighted by atomic mass is 10.0. The third-order valence-electron chi connectivity index (χ3n) is 5.88. The number of hydrogen-bond acceptors (Lipinski definition) is 8. The molecule has 0 atom stereocenters. The summed E-state index contributed by atoms with van der Waals surface area (Å²) in [6.45, 7) is 1.81. The van der Waals surface area contributed by atoms with Gasteiger partial charge >= 0.3 is 0 Å². The normalized spacial score (nSPS) is 14.6. The lowest BCUT2D eigenvalue weighted by Crippen LogP contribution is -2.47. The van der Waals surface area contributed by atoms with Gasteiger partial charge in [-0.15, -0.1) is 0 Å². The molecule has 3 heterocycles. The van der Waals surface area contributed by atoms with Crippen molar-refractivity contribution in [1.82, 2.24) is 19.9 Å². The van der Waals surface area contributed by atoms with Crippen LogP contribution in [0, 0.1) is 0 Å². The van der Waals surface area contributed by atoms with Crippen LogP contribution < -0.4 is 9.64 Å². The van der Waals surface area contributed by atoms with Crippen LogP contribution in [0.1, 0.15) is 28.8 Å². The van der Waals surface area contributed by atoms with Gasteiger partial charge in [0.25, 0.3) is 5.91 Å². The number of pyridine rings is 1. The molecule has 10 heteroatoms. The van der Waals surface area contributed by atoms with Gasteiger partial charge in [0.05, 0.1) is 12.0 Å². The summed E-state index contributed by atoms with van der Waals surface area (Å²) in [7, 11) is -1.76. The van der Waals surface area contributed by atoms with Crippen LogP contribution in [0.15, 0.2) is 66.0 Å². The first-order chi connectivity index (χ1) is 16.3. The van der Waals surface area contributed by atoms with E-state index in [1.54, 1.807) is 43.9 Å². The molecule has 178 valence electrons. The molecule has 1 aliphatic heterocycles. The van der Waals surface area contributed by atoms with E-state index in [1.807, 2.05) is 17.0 Å². The Kier molecular flexibility index (Phi) is 7.06. The highest BCUT2D eigenvalue weighted by Gasteiger charge is 2.30. The SMILES string of the molecule is COc1ccnc(N2CCC(N(Cc3cccnc3)C(=O)c3ccc(S(C)(=O)=O)cc3)CC2)n1. The second-order valence-corrected chi connectivity index (χ2v) is 10.2. The third kappa shape index (κ3) is 5.51. The van der Waals surface area contributed by atoms with Crippen molar-refractivity contribution >= 4 is 21.7 Å². The molecule has 9 nitrogen and oxygen atoms in total. The largest absolute Gasteiger partial charge is 0.481 e. The van der Waals surface area contributed by atoms with Crippen LogP contribution in [-0.4, -0.2) is 66.7 Å². The summed E-state index contributed by atoms with van der Waals surface area (Å²) in [5.41, 5.74) is 1.39. The summed E-state index contributed by atoms with van der Waals surface area (Å²) in [6, 6.07) is 11.6. The standard InChI is InChI=1S/C24H27N5O4S/c1-33-22-9-13-26-24(27-22)28-14-10-20(11-15-28)29(17-18-4-3-12-25-16-18)23(30)19-5-7-21(8-6-19)34(2,31)32/h3-9,12-13,16,20H,10-11,14-15,17H2,1-2H3. The zero-order valence-corrected chi connectivity index (χ0v) is 20.0. The summed E-state index contributed by atoms with van der Waals surface area (Å²) in [5, 5.41) is 0. The van der Waals surface area contributed by atoms with E-state index in [0.29, 0.717) is 37.0 Å². The number of methoxy groups -OCH3 is 1. The van der Waals surface area contributed by atoms with Crippen LogP contribution in [0.2, 0.25) is 0 Å². The van der Waals surface area contributed by atoms with Gasteiger partial charge in [-0.3, -0.25) is 9.78 Å². The monoisotopic (exact) mass is 481 g/mol. The summed E-state index contributed by atoms with van der Waals surface area (Å²) < 4.78 is 28.8. The Morgan fingerprint density at radius 3 is 2.47 bits per heavy atom. The zero-order valence-electron chi connectivity index (χ0n) is 19.2. The molecule has 1 fully saturated rings. The summed E-state index contributed by atoms with van der Waals surface area (Å²) in [6.07, 6.45) is 7.77. The molecule has 4 rings (SSSR count). The fourth-order valence-corrected chi connectivity index (χ4v) is 4.67. The van der Waals surface area contributed by atoms with E-state index in [9.17, 15) is 13.2 Å². The van der Waals surface area contributed by atoms with Gasteiger partial charge in [-0.25, -0.2) is 13.4 Å². The molecule has 1 aliphatic rings. The van der Waals surface area contributed by atoms with Crippen molar-refractivity contribution in [2.45, 2.75) is 30.3 Å². The van der Waals surface area contributed by atoms with E-state index in [1.165, 1.54) is 12.1 Å². The van der Waals surface area contributed by atoms with Gasteiger partial charge in [0.1, 0.15) is 0 Å². The molecule has 1 saturated heterocycles. The van der Waals surface area contributed by atoms with E-state index in [2.05, 4.69) is 19.9 Å². The molecule has 34 heavy (non-hydrogen) atoms. The quantitative estimate of drug-likeness (QED) is 0.507. The van der Waals surface area contributed by atoms with Crippen LogP contribution in [0.3, 0.4) is 0 Å². The lowest BCUT2D eigenvalue weighted by Gasteiger charge is -2.38. The summed E-state index contributed by atoms with van der Waals surface area (Å²) in [4.78, 5) is 30.6. The molecule has 0 N–H and O–H groups in total. The van der Waals surface area contributed by atoms with Crippen LogP contribution in [0.5, 0.6) is 5.88 Å². The van der Waals surface area contributed by atoms with Gasteiger partial charge in [0, 0.05) is 62.2 Å². The molecule has 0 radical (unpaired) electrons. The van der Waals surface area contributed by atoms with Crippen LogP contribution in [-0.2, 0) is 16.4 Å². The molecular formula is C24H27N5O4S. The number of carbonyl (C=O) groups excluding carboxylic acids is 1. The first kappa shape index (κ1) is 23.6. The van der Waals surface area contributed by atoms with E-state index < -0.39 is 9.84 Å². The van der Waals surface area contributed by atoms with E-state index >= 15 is 0 Å². The predicted octanol–water partition coefficient (Wildman–Crippen LogP) is 2.60. The maximum Gasteiger partial charge on any atom is 0.254 e. The zero-order chi connectivity index (χ0) is 24.1. The minimum Gasteiger partial charge on any atom is -0.481 e. The van der Waals surface area contributed by atoms with E-state index in [4.69, 9.17) is 4.74 Å². The van der Waals surface area contributed by atoms with Crippen molar-refractivity contribution in [2.24, 2.45) is 0 Å². The van der Waals surface area contributed by atoms with Crippen molar-refractivity contribution in [1.29, 1.82) is 0 Å². The number of piperidine rings is 1. The van der Waals surface area contributed by atoms with E-state index in [0.717, 1.165) is 24.7 Å². The fourth-order valence-electron chi connectivity index (χ4n) is 4.04. The van der Waals surface area contributed by atoms with Crippen LogP contribution in [0.4, 0.5) is 5.95 Å². The maximum absolute atomic E-state index is 13.5. The van der Waals surface area contributed by atoms with Gasteiger partial charge < -0.3 is 14.5 Å². The molecule has 1 aromatic carbocycles. The number of rotatable bonds is 7. The van der Waals surface area contributed by atoms with E-state index in [-0.39, 0.29) is 16.8 Å². The number of anilines is 1. The smallest absolute Gasteiger partial charge is 0.254 e. The second kappa shape index (κ2) is 10.2. The highest BCUT2D eigenvalue weighted by atomic mass is 32.2. The molecule has 1 amide bonds. The number of nitrogens with zero attached hydrogens (tertiary/aromatic N) is 5. The molecule has 0 spiro atoms. The average molecular weight is 482 g/mol. The second-order valence-electron chi connectivity index (χ2n) is 8.21. The van der Waals surface area contributed by atoms with Gasteiger partial charge in [-0.1, -0.05) is 6.07 Å². The Morgan fingerprint density at radius 1 is 1.12 bits per heavy atom. The summed E-state index contributed by atoms with van der Waals surface area (Å²) >= 11 is 0. The highest BCUT2D eigenvalue weighted by Crippen LogP contribution is 2.24. The Balaban J connectivity index is 1.54. The lowest BCUT2D eigenvalue weighted by molar-refractivity contribution is 0.0630. The van der Waals surface area contributed by atoms with Crippen molar-refractivity contribution in [3.05, 3.63) is 72.2 Å². The molecule has 3 aromatic rings. The van der Waals surface area contributed by atoms with Crippen LogP contribution >= 0.6 is 0 Å². The van der Waals surface area contributed by atoms with Crippen molar-refractivity contribution in [3.63, 3.8) is 0 Å². The number of hydrogen-bond donors (Lipinski definition) is 0.